The lowest BCUT2D eigenvalue weighted by atomic mass is 9.73. The van der Waals surface area contributed by atoms with Crippen molar-refractivity contribution < 1.29 is 29.6 Å². The van der Waals surface area contributed by atoms with Crippen LogP contribution in [0.5, 0.6) is 0 Å². The van der Waals surface area contributed by atoms with Gasteiger partial charge in [-0.1, -0.05) is 39.3 Å². The molecule has 1 aromatic heterocycles. The van der Waals surface area contributed by atoms with Crippen molar-refractivity contribution in [3.63, 3.8) is 0 Å². The SMILES string of the molecule is C/C1=C/C[C@H](/C(C)=C/c2csc(CO)n2)OC(=O)C[C@H](O)C(C)(C)C(=O)[C@H](C)[C@@H](O)[C@@H](C)C2NC2C1. The molecule has 3 heterocycles. The molecule has 0 radical (unpaired) electrons. The van der Waals surface area contributed by atoms with Crippen LogP contribution in [0, 0.1) is 17.3 Å². The van der Waals surface area contributed by atoms with E-state index >= 15 is 0 Å². The molecule has 3 rings (SSSR count). The van der Waals surface area contributed by atoms with Gasteiger partial charge in [-0.2, -0.15) is 0 Å². The number of aromatic nitrogens is 1. The summed E-state index contributed by atoms with van der Waals surface area (Å²) in [6.07, 6.45) is 2.15. The second-order valence-electron chi connectivity index (χ2n) is 10.9. The number of hydrogen-bond donors (Lipinski definition) is 4. The molecule has 9 heteroatoms. The third kappa shape index (κ3) is 6.69. The van der Waals surface area contributed by atoms with Gasteiger partial charge in [-0.25, -0.2) is 4.98 Å². The van der Waals surface area contributed by atoms with Crippen molar-refractivity contribution in [2.45, 2.75) is 97.8 Å². The van der Waals surface area contributed by atoms with E-state index in [0.717, 1.165) is 17.6 Å². The van der Waals surface area contributed by atoms with Crippen LogP contribution in [-0.4, -0.2) is 62.5 Å². The number of Topliss-reactive ketones (excluding diaryl/α,β-unsaturated/α-hetero) is 1. The van der Waals surface area contributed by atoms with Crippen molar-refractivity contribution in [1.82, 2.24) is 10.3 Å². The van der Waals surface area contributed by atoms with Gasteiger partial charge in [0.25, 0.3) is 0 Å². The van der Waals surface area contributed by atoms with E-state index in [1.165, 1.54) is 11.3 Å². The van der Waals surface area contributed by atoms with Crippen LogP contribution in [0.2, 0.25) is 0 Å². The van der Waals surface area contributed by atoms with E-state index in [4.69, 9.17) is 4.74 Å². The minimum absolute atomic E-state index is 0.111. The molecule has 1 fully saturated rings. The maximum atomic E-state index is 13.3. The third-order valence-corrected chi connectivity index (χ3v) is 8.53. The number of aliphatic hydroxyl groups is 3. The fourth-order valence-electron chi connectivity index (χ4n) is 4.95. The average Bonchev–Trinajstić information content (AvgIpc) is 3.44. The van der Waals surface area contributed by atoms with Gasteiger partial charge < -0.3 is 25.4 Å². The second-order valence-corrected chi connectivity index (χ2v) is 11.9. The fraction of sp³-hybridized carbons (Fsp3) is 0.667. The average molecular weight is 521 g/mol. The Kier molecular flexibility index (Phi) is 9.27. The number of carbonyl (C=O) groups is 2. The van der Waals surface area contributed by atoms with Crippen LogP contribution >= 0.6 is 11.3 Å². The molecule has 1 aromatic rings. The van der Waals surface area contributed by atoms with Crippen LogP contribution < -0.4 is 5.32 Å². The number of ketones is 1. The van der Waals surface area contributed by atoms with Gasteiger partial charge in [-0.05, 0) is 37.8 Å². The minimum Gasteiger partial charge on any atom is -0.457 e. The summed E-state index contributed by atoms with van der Waals surface area (Å²) in [6.45, 7) is 10.6. The Hall–Kier alpha value is -1.91. The van der Waals surface area contributed by atoms with Crippen molar-refractivity contribution in [2.75, 3.05) is 0 Å². The first kappa shape index (κ1) is 28.7. The quantitative estimate of drug-likeness (QED) is 0.271. The fourth-order valence-corrected chi connectivity index (χ4v) is 5.56. The zero-order chi connectivity index (χ0) is 26.8. The van der Waals surface area contributed by atoms with E-state index in [9.17, 15) is 24.9 Å². The molecule has 2 aliphatic heterocycles. The minimum atomic E-state index is -1.25. The molecule has 4 N–H and O–H groups in total. The summed E-state index contributed by atoms with van der Waals surface area (Å²) in [6, 6.07) is 0.324. The molecule has 0 saturated carbocycles. The number of carbonyl (C=O) groups excluding carboxylic acids is 2. The van der Waals surface area contributed by atoms with Gasteiger partial charge in [0, 0.05) is 29.8 Å². The van der Waals surface area contributed by atoms with Crippen molar-refractivity contribution in [1.29, 1.82) is 0 Å². The van der Waals surface area contributed by atoms with Crippen LogP contribution in [0.25, 0.3) is 6.08 Å². The number of ether oxygens (including phenoxy) is 1. The Morgan fingerprint density at radius 2 is 1.97 bits per heavy atom. The summed E-state index contributed by atoms with van der Waals surface area (Å²) in [4.78, 5) is 30.5. The van der Waals surface area contributed by atoms with Gasteiger partial charge >= 0.3 is 5.97 Å². The largest absolute Gasteiger partial charge is 0.457 e. The highest BCUT2D eigenvalue weighted by Gasteiger charge is 2.47. The second kappa shape index (κ2) is 11.6. The van der Waals surface area contributed by atoms with E-state index in [2.05, 4.69) is 16.4 Å². The van der Waals surface area contributed by atoms with E-state index in [1.54, 1.807) is 20.8 Å². The number of hydrogen-bond acceptors (Lipinski definition) is 9. The van der Waals surface area contributed by atoms with Gasteiger partial charge in [-0.3, -0.25) is 9.59 Å². The first-order valence-corrected chi connectivity index (χ1v) is 13.5. The Morgan fingerprint density at radius 1 is 1.28 bits per heavy atom. The monoisotopic (exact) mass is 520 g/mol. The summed E-state index contributed by atoms with van der Waals surface area (Å²) in [5.41, 5.74) is 1.38. The standard InChI is InChI=1S/C27H40N2O6S/c1-14-7-8-20(15(2)10-18-13-36-22(12-30)28-18)35-23(32)11-21(31)27(5,6)26(34)17(4)25(33)16(3)24-19(9-14)29-24/h7,10,13,16-17,19-21,24-25,29-31,33H,8-9,11-12H2,1-6H3/b14-7-,15-10+/t16-,17+,19?,20+,21-,24?,25-/m0/s1. The zero-order valence-electron chi connectivity index (χ0n) is 22.0. The van der Waals surface area contributed by atoms with Gasteiger partial charge in [0.1, 0.15) is 16.9 Å². The molecule has 1 saturated heterocycles. The maximum absolute atomic E-state index is 13.3. The number of cyclic esters (lactones) is 1. The van der Waals surface area contributed by atoms with E-state index in [0.29, 0.717) is 17.1 Å². The van der Waals surface area contributed by atoms with Crippen LogP contribution in [0.4, 0.5) is 0 Å². The van der Waals surface area contributed by atoms with Gasteiger partial charge in [0.15, 0.2) is 0 Å². The molecule has 0 aromatic carbocycles. The van der Waals surface area contributed by atoms with Crippen molar-refractivity contribution in [2.24, 2.45) is 17.3 Å². The highest BCUT2D eigenvalue weighted by Crippen LogP contribution is 2.35. The summed E-state index contributed by atoms with van der Waals surface area (Å²) < 4.78 is 5.81. The lowest BCUT2D eigenvalue weighted by Gasteiger charge is -2.34. The Balaban J connectivity index is 1.88. The van der Waals surface area contributed by atoms with Crippen LogP contribution in [0.3, 0.4) is 0 Å². The number of rotatable bonds is 3. The predicted molar refractivity (Wildman–Crippen MR) is 139 cm³/mol. The molecule has 0 amide bonds. The van der Waals surface area contributed by atoms with Crippen molar-refractivity contribution >= 4 is 29.2 Å². The molecule has 0 spiro atoms. The molecule has 7 atom stereocenters. The predicted octanol–water partition coefficient (Wildman–Crippen LogP) is 3.01. The molecule has 200 valence electrons. The van der Waals surface area contributed by atoms with Crippen LogP contribution in [-0.2, 0) is 20.9 Å². The number of nitrogens with zero attached hydrogens (tertiary/aromatic N) is 1. The van der Waals surface area contributed by atoms with E-state index < -0.39 is 35.6 Å². The number of esters is 1. The maximum Gasteiger partial charge on any atom is 0.309 e. The summed E-state index contributed by atoms with van der Waals surface area (Å²) in [5.74, 6) is -1.70. The smallest absolute Gasteiger partial charge is 0.309 e. The number of aliphatic hydroxyl groups excluding tert-OH is 3. The molecule has 36 heavy (non-hydrogen) atoms. The third-order valence-electron chi connectivity index (χ3n) is 7.67. The molecule has 2 unspecified atom stereocenters. The molecule has 0 aliphatic carbocycles. The molecule has 8 nitrogen and oxygen atoms in total. The summed E-state index contributed by atoms with van der Waals surface area (Å²) >= 11 is 1.36. The topological polar surface area (TPSA) is 139 Å². The molecule has 0 bridgehead atoms. The van der Waals surface area contributed by atoms with E-state index in [-0.39, 0.29) is 36.8 Å². The number of nitrogens with one attached hydrogen (secondary N) is 1. The van der Waals surface area contributed by atoms with Gasteiger partial charge in [0.05, 0.1) is 36.3 Å². The Labute approximate surface area is 217 Å². The molecular weight excluding hydrogens is 480 g/mol. The first-order chi connectivity index (χ1) is 16.8. The number of thiazole rings is 1. The van der Waals surface area contributed by atoms with Crippen LogP contribution in [0.15, 0.2) is 22.6 Å². The highest BCUT2D eigenvalue weighted by atomic mass is 32.1. The van der Waals surface area contributed by atoms with E-state index in [1.807, 2.05) is 32.2 Å². The van der Waals surface area contributed by atoms with Crippen molar-refractivity contribution in [3.05, 3.63) is 33.3 Å². The Morgan fingerprint density at radius 3 is 2.61 bits per heavy atom. The molecule has 2 aliphatic rings. The summed E-state index contributed by atoms with van der Waals surface area (Å²) in [7, 11) is 0. The molecular formula is C27H40N2O6S. The highest BCUT2D eigenvalue weighted by molar-refractivity contribution is 7.09. The normalized spacial score (nSPS) is 36.0. The Bertz CT molecular complexity index is 1020. The zero-order valence-corrected chi connectivity index (χ0v) is 22.8. The number of fused-ring (bicyclic) bond motifs is 1. The van der Waals surface area contributed by atoms with Crippen molar-refractivity contribution in [3.8, 4) is 0 Å². The van der Waals surface area contributed by atoms with Crippen LogP contribution in [0.1, 0.15) is 71.5 Å². The lowest BCUT2D eigenvalue weighted by molar-refractivity contribution is -0.154. The van der Waals surface area contributed by atoms with Gasteiger partial charge in [-0.15, -0.1) is 11.3 Å². The lowest BCUT2D eigenvalue weighted by Crippen LogP contribution is -2.46. The van der Waals surface area contributed by atoms with Gasteiger partial charge in [0.2, 0.25) is 0 Å². The summed E-state index contributed by atoms with van der Waals surface area (Å²) in [5, 5.41) is 37.0. The first-order valence-electron chi connectivity index (χ1n) is 12.6.